The molecular formula is C20H26N4O2. The van der Waals surface area contributed by atoms with Gasteiger partial charge in [0, 0.05) is 29.9 Å². The summed E-state index contributed by atoms with van der Waals surface area (Å²) in [6.45, 7) is 9.38. The van der Waals surface area contributed by atoms with Gasteiger partial charge in [-0.2, -0.15) is 0 Å². The van der Waals surface area contributed by atoms with Crippen LogP contribution in [-0.2, 0) is 9.53 Å². The Kier molecular flexibility index (Phi) is 5.52. The summed E-state index contributed by atoms with van der Waals surface area (Å²) in [7, 11) is 0. The minimum Gasteiger partial charge on any atom is -0.372 e. The number of benzene rings is 1. The first kappa shape index (κ1) is 18.3. The molecule has 3 rings (SSSR count). The van der Waals surface area contributed by atoms with E-state index in [1.165, 1.54) is 0 Å². The number of ether oxygens (including phenoxy) is 1. The molecule has 1 amide bonds. The Morgan fingerprint density at radius 3 is 2.46 bits per heavy atom. The number of nitrogens with zero attached hydrogens (tertiary/aromatic N) is 3. The minimum atomic E-state index is 0.0592. The Balaban J connectivity index is 1.73. The smallest absolute Gasteiger partial charge is 0.242 e. The van der Waals surface area contributed by atoms with E-state index in [2.05, 4.69) is 15.3 Å². The molecule has 1 aromatic carbocycles. The number of carbonyl (C=O) groups excluding carboxylic acids is 1. The van der Waals surface area contributed by atoms with Crippen LogP contribution < -0.4 is 5.32 Å². The van der Waals surface area contributed by atoms with E-state index < -0.39 is 0 Å². The van der Waals surface area contributed by atoms with Crippen LogP contribution in [0.5, 0.6) is 0 Å². The maximum atomic E-state index is 12.6. The van der Waals surface area contributed by atoms with Crippen molar-refractivity contribution in [3.05, 3.63) is 41.6 Å². The highest BCUT2D eigenvalue weighted by atomic mass is 16.5. The molecule has 26 heavy (non-hydrogen) atoms. The number of nitrogens with one attached hydrogen (secondary N) is 1. The molecule has 138 valence electrons. The lowest BCUT2D eigenvalue weighted by molar-refractivity contribution is -0.141. The molecule has 0 saturated carbocycles. The number of morpholine rings is 1. The molecular weight excluding hydrogens is 328 g/mol. The lowest BCUT2D eigenvalue weighted by Gasteiger charge is -2.35. The van der Waals surface area contributed by atoms with Crippen molar-refractivity contribution in [1.29, 1.82) is 0 Å². The fourth-order valence-corrected chi connectivity index (χ4v) is 3.17. The highest BCUT2D eigenvalue weighted by Crippen LogP contribution is 2.21. The van der Waals surface area contributed by atoms with Crippen molar-refractivity contribution in [3.63, 3.8) is 0 Å². The van der Waals surface area contributed by atoms with E-state index in [4.69, 9.17) is 4.74 Å². The molecule has 1 aliphatic heterocycles. The van der Waals surface area contributed by atoms with E-state index in [0.29, 0.717) is 24.7 Å². The summed E-state index contributed by atoms with van der Waals surface area (Å²) < 4.78 is 5.69. The molecule has 1 fully saturated rings. The largest absolute Gasteiger partial charge is 0.372 e. The van der Waals surface area contributed by atoms with Gasteiger partial charge in [0.2, 0.25) is 5.91 Å². The molecule has 1 aliphatic rings. The van der Waals surface area contributed by atoms with Crippen molar-refractivity contribution in [1.82, 2.24) is 14.9 Å². The Labute approximate surface area is 154 Å². The van der Waals surface area contributed by atoms with E-state index in [1.807, 2.05) is 62.9 Å². The van der Waals surface area contributed by atoms with E-state index in [9.17, 15) is 4.79 Å². The second kappa shape index (κ2) is 7.83. The number of aromatic nitrogens is 2. The number of carbonyl (C=O) groups is 1. The molecule has 0 aliphatic carbocycles. The number of aryl methyl sites for hydroxylation is 1. The summed E-state index contributed by atoms with van der Waals surface area (Å²) in [5.41, 5.74) is 2.82. The summed E-state index contributed by atoms with van der Waals surface area (Å²) in [6, 6.07) is 9.86. The van der Waals surface area contributed by atoms with Crippen LogP contribution in [0.4, 0.5) is 5.82 Å². The highest BCUT2D eigenvalue weighted by Gasteiger charge is 2.25. The van der Waals surface area contributed by atoms with Crippen LogP contribution in [0.1, 0.15) is 25.1 Å². The van der Waals surface area contributed by atoms with Crippen molar-refractivity contribution in [2.75, 3.05) is 25.0 Å². The van der Waals surface area contributed by atoms with Gasteiger partial charge in [-0.05, 0) is 27.7 Å². The number of amides is 1. The van der Waals surface area contributed by atoms with Crippen molar-refractivity contribution < 1.29 is 9.53 Å². The fourth-order valence-electron chi connectivity index (χ4n) is 3.17. The molecule has 1 N–H and O–H groups in total. The maximum Gasteiger partial charge on any atom is 0.242 e. The molecule has 2 atom stereocenters. The number of hydrogen-bond acceptors (Lipinski definition) is 5. The first-order valence-corrected chi connectivity index (χ1v) is 9.02. The third-order valence-electron chi connectivity index (χ3n) is 4.60. The van der Waals surface area contributed by atoms with E-state index in [0.717, 1.165) is 16.8 Å². The second-order valence-corrected chi connectivity index (χ2v) is 6.88. The van der Waals surface area contributed by atoms with Crippen molar-refractivity contribution in [3.8, 4) is 11.4 Å². The van der Waals surface area contributed by atoms with Gasteiger partial charge in [-0.1, -0.05) is 30.3 Å². The SMILES string of the molecule is Cc1nc(-c2ccccc2)nc(NCC(=O)N2C[C@@H](C)O[C@H](C)C2)c1C. The van der Waals surface area contributed by atoms with E-state index in [-0.39, 0.29) is 24.7 Å². The lowest BCUT2D eigenvalue weighted by atomic mass is 10.2. The Morgan fingerprint density at radius 1 is 1.15 bits per heavy atom. The molecule has 6 heteroatoms. The van der Waals surface area contributed by atoms with Gasteiger partial charge in [0.25, 0.3) is 0 Å². The monoisotopic (exact) mass is 354 g/mol. The van der Waals surface area contributed by atoms with Gasteiger partial charge in [0.05, 0.1) is 18.8 Å². The summed E-state index contributed by atoms with van der Waals surface area (Å²) >= 11 is 0. The van der Waals surface area contributed by atoms with Gasteiger partial charge in [0.1, 0.15) is 5.82 Å². The maximum absolute atomic E-state index is 12.6. The second-order valence-electron chi connectivity index (χ2n) is 6.88. The highest BCUT2D eigenvalue weighted by molar-refractivity contribution is 5.81. The lowest BCUT2D eigenvalue weighted by Crippen LogP contribution is -2.49. The van der Waals surface area contributed by atoms with Crippen molar-refractivity contribution in [2.45, 2.75) is 39.9 Å². The number of rotatable bonds is 4. The van der Waals surface area contributed by atoms with Crippen LogP contribution in [0.15, 0.2) is 30.3 Å². The molecule has 0 unspecified atom stereocenters. The Morgan fingerprint density at radius 2 is 1.81 bits per heavy atom. The van der Waals surface area contributed by atoms with Gasteiger partial charge < -0.3 is 15.0 Å². The summed E-state index contributed by atoms with van der Waals surface area (Å²) in [4.78, 5) is 23.6. The summed E-state index contributed by atoms with van der Waals surface area (Å²) in [6.07, 6.45) is 0.130. The first-order valence-electron chi connectivity index (χ1n) is 9.02. The van der Waals surface area contributed by atoms with Crippen LogP contribution in [-0.4, -0.2) is 52.6 Å². The van der Waals surface area contributed by atoms with Gasteiger partial charge in [-0.15, -0.1) is 0 Å². The van der Waals surface area contributed by atoms with Gasteiger partial charge in [0.15, 0.2) is 5.82 Å². The zero-order chi connectivity index (χ0) is 18.7. The fraction of sp³-hybridized carbons (Fsp3) is 0.450. The third kappa shape index (κ3) is 4.19. The minimum absolute atomic E-state index is 0.0592. The number of anilines is 1. The molecule has 0 radical (unpaired) electrons. The topological polar surface area (TPSA) is 67.4 Å². The van der Waals surface area contributed by atoms with Gasteiger partial charge >= 0.3 is 0 Å². The summed E-state index contributed by atoms with van der Waals surface area (Å²) in [5, 5.41) is 3.21. The van der Waals surface area contributed by atoms with Crippen LogP contribution in [0, 0.1) is 13.8 Å². The van der Waals surface area contributed by atoms with Crippen LogP contribution >= 0.6 is 0 Å². The average molecular weight is 354 g/mol. The molecule has 1 saturated heterocycles. The number of hydrogen-bond donors (Lipinski definition) is 1. The van der Waals surface area contributed by atoms with E-state index in [1.54, 1.807) is 0 Å². The standard InChI is InChI=1S/C20H26N4O2/c1-13-11-24(12-14(2)26-13)18(25)10-21-19-15(3)16(4)22-20(23-19)17-8-6-5-7-9-17/h5-9,13-14H,10-12H2,1-4H3,(H,21,22,23)/t13-,14-/m1/s1. The third-order valence-corrected chi connectivity index (χ3v) is 4.60. The molecule has 0 spiro atoms. The van der Waals surface area contributed by atoms with Gasteiger partial charge in [-0.3, -0.25) is 4.79 Å². The predicted molar refractivity (Wildman–Crippen MR) is 102 cm³/mol. The molecule has 6 nitrogen and oxygen atoms in total. The van der Waals surface area contributed by atoms with E-state index >= 15 is 0 Å². The van der Waals surface area contributed by atoms with Crippen LogP contribution in [0.25, 0.3) is 11.4 Å². The summed E-state index contributed by atoms with van der Waals surface area (Å²) in [5.74, 6) is 1.43. The van der Waals surface area contributed by atoms with Crippen LogP contribution in [0.3, 0.4) is 0 Å². The van der Waals surface area contributed by atoms with Gasteiger partial charge in [-0.25, -0.2) is 9.97 Å². The van der Waals surface area contributed by atoms with Crippen LogP contribution in [0.2, 0.25) is 0 Å². The normalized spacial score (nSPS) is 20.1. The Hall–Kier alpha value is -2.47. The quantitative estimate of drug-likeness (QED) is 0.914. The molecule has 2 heterocycles. The molecule has 2 aromatic rings. The molecule has 0 bridgehead atoms. The average Bonchev–Trinajstić information content (AvgIpc) is 2.62. The first-order chi connectivity index (χ1) is 12.4. The zero-order valence-corrected chi connectivity index (χ0v) is 15.8. The van der Waals surface area contributed by atoms with Crippen molar-refractivity contribution in [2.24, 2.45) is 0 Å². The zero-order valence-electron chi connectivity index (χ0n) is 15.8. The predicted octanol–water partition coefficient (Wildman–Crippen LogP) is 2.81. The van der Waals surface area contributed by atoms with Crippen molar-refractivity contribution >= 4 is 11.7 Å². The Bertz CT molecular complexity index is 769. The molecule has 1 aromatic heterocycles.